The summed E-state index contributed by atoms with van der Waals surface area (Å²) in [6, 6.07) is 0. The maximum atomic E-state index is 11.5. The molecule has 0 atom stereocenters. The molecular formula is C29H39ClN10O6. The summed E-state index contributed by atoms with van der Waals surface area (Å²) < 4.78 is 9.59. The predicted molar refractivity (Wildman–Crippen MR) is 169 cm³/mol. The lowest BCUT2D eigenvalue weighted by molar-refractivity contribution is 0.0515. The third-order valence-corrected chi connectivity index (χ3v) is 6.93. The van der Waals surface area contributed by atoms with Crippen molar-refractivity contribution < 1.29 is 29.0 Å². The van der Waals surface area contributed by atoms with Gasteiger partial charge in [0.05, 0.1) is 29.9 Å². The van der Waals surface area contributed by atoms with Crippen molar-refractivity contribution in [1.29, 1.82) is 0 Å². The molecule has 0 saturated carbocycles. The van der Waals surface area contributed by atoms with E-state index in [0.717, 1.165) is 52.4 Å². The normalized spacial score (nSPS) is 15.1. The molecule has 2 aliphatic heterocycles. The van der Waals surface area contributed by atoms with Crippen LogP contribution in [0.2, 0.25) is 5.28 Å². The molecule has 2 saturated heterocycles. The Bertz CT molecular complexity index is 1380. The summed E-state index contributed by atoms with van der Waals surface area (Å²) in [6.45, 7) is 11.7. The largest absolute Gasteiger partial charge is 0.478 e. The number of carboxylic acids is 1. The zero-order valence-electron chi connectivity index (χ0n) is 26.4. The zero-order valence-corrected chi connectivity index (χ0v) is 27.1. The molecule has 46 heavy (non-hydrogen) atoms. The Hall–Kier alpha value is -4.54. The van der Waals surface area contributed by atoms with E-state index in [0.29, 0.717) is 36.2 Å². The summed E-state index contributed by atoms with van der Waals surface area (Å²) in [5.74, 6) is -0.518. The number of hydrogen-bond acceptors (Lipinski definition) is 15. The lowest BCUT2D eigenvalue weighted by Crippen LogP contribution is -2.45. The molecule has 0 aliphatic carbocycles. The first-order valence-electron chi connectivity index (χ1n) is 14.7. The van der Waals surface area contributed by atoms with Crippen molar-refractivity contribution in [3.05, 3.63) is 59.2 Å². The number of aromatic carboxylic acids is 1. The van der Waals surface area contributed by atoms with Crippen molar-refractivity contribution in [1.82, 2.24) is 39.7 Å². The van der Waals surface area contributed by atoms with Crippen molar-refractivity contribution in [3.8, 4) is 0 Å². The van der Waals surface area contributed by atoms with Gasteiger partial charge in [-0.05, 0) is 39.5 Å². The van der Waals surface area contributed by atoms with Crippen molar-refractivity contribution in [2.75, 3.05) is 89.5 Å². The molecule has 3 aromatic heterocycles. The molecule has 1 N–H and O–H groups in total. The van der Waals surface area contributed by atoms with Crippen LogP contribution in [-0.2, 0) is 9.47 Å². The standard InChI is InChI=1S/C12H18N4O2.C10H14N4O2.C7H7ClN2O2/c1-3-18-11(17)10-8-13-12(14-9-10)16-6-4-15(2)5-7-16;1-13-2-4-14(5-3-13)10-11-6-8(7-12-10)9(15)16;1-2-12-6(11)5-3-9-7(8)10-4-5/h8-9H,3-7H2,1-2H3;6-7H,2-5H2,1H3,(H,15,16);3-4H,2H2,1H3. The molecule has 5 heterocycles. The Kier molecular flexibility index (Phi) is 14.4. The van der Waals surface area contributed by atoms with Gasteiger partial charge in [0, 0.05) is 89.5 Å². The second kappa shape index (κ2) is 18.4. The highest BCUT2D eigenvalue weighted by atomic mass is 35.5. The minimum Gasteiger partial charge on any atom is -0.478 e. The highest BCUT2D eigenvalue weighted by Crippen LogP contribution is 2.11. The highest BCUT2D eigenvalue weighted by Gasteiger charge is 2.18. The van der Waals surface area contributed by atoms with Gasteiger partial charge in [-0.3, -0.25) is 0 Å². The van der Waals surface area contributed by atoms with Crippen LogP contribution in [0.25, 0.3) is 0 Å². The van der Waals surface area contributed by atoms with Crippen LogP contribution in [0.5, 0.6) is 0 Å². The fourth-order valence-corrected chi connectivity index (χ4v) is 4.14. The lowest BCUT2D eigenvalue weighted by Gasteiger charge is -2.32. The molecular weight excluding hydrogens is 620 g/mol. The molecule has 5 rings (SSSR count). The van der Waals surface area contributed by atoms with Crippen molar-refractivity contribution in [3.63, 3.8) is 0 Å². The van der Waals surface area contributed by atoms with Gasteiger partial charge >= 0.3 is 17.9 Å². The summed E-state index contributed by atoms with van der Waals surface area (Å²) >= 11 is 5.42. The highest BCUT2D eigenvalue weighted by molar-refractivity contribution is 6.28. The first kappa shape index (κ1) is 35.9. The molecule has 3 aromatic rings. The van der Waals surface area contributed by atoms with Crippen molar-refractivity contribution >= 4 is 41.4 Å². The van der Waals surface area contributed by atoms with Gasteiger partial charge in [0.25, 0.3) is 0 Å². The van der Waals surface area contributed by atoms with E-state index in [-0.39, 0.29) is 16.8 Å². The number of ether oxygens (including phenoxy) is 2. The van der Waals surface area contributed by atoms with E-state index in [9.17, 15) is 14.4 Å². The fourth-order valence-electron chi connectivity index (χ4n) is 4.04. The third-order valence-electron chi connectivity index (χ3n) is 6.74. The Morgan fingerprint density at radius 2 is 0.957 bits per heavy atom. The minimum absolute atomic E-state index is 0.114. The predicted octanol–water partition coefficient (Wildman–Crippen LogP) is 1.64. The van der Waals surface area contributed by atoms with Gasteiger partial charge in [-0.25, -0.2) is 44.3 Å². The van der Waals surface area contributed by atoms with E-state index in [4.69, 9.17) is 26.2 Å². The van der Waals surface area contributed by atoms with Crippen LogP contribution in [0.1, 0.15) is 44.9 Å². The molecule has 248 valence electrons. The number of nitrogens with zero attached hydrogens (tertiary/aromatic N) is 10. The maximum Gasteiger partial charge on any atom is 0.341 e. The van der Waals surface area contributed by atoms with Gasteiger partial charge in [-0.1, -0.05) is 0 Å². The Labute approximate surface area is 272 Å². The smallest absolute Gasteiger partial charge is 0.341 e. The van der Waals surface area contributed by atoms with Crippen molar-refractivity contribution in [2.24, 2.45) is 0 Å². The van der Waals surface area contributed by atoms with Crippen molar-refractivity contribution in [2.45, 2.75) is 13.8 Å². The van der Waals surface area contributed by atoms with E-state index in [2.05, 4.69) is 63.6 Å². The topological polar surface area (TPSA) is 180 Å². The lowest BCUT2D eigenvalue weighted by atomic mass is 10.3. The first-order chi connectivity index (χ1) is 22.1. The van der Waals surface area contributed by atoms with Crippen LogP contribution in [0.3, 0.4) is 0 Å². The average Bonchev–Trinajstić information content (AvgIpc) is 3.07. The van der Waals surface area contributed by atoms with Crippen LogP contribution in [0, 0.1) is 0 Å². The monoisotopic (exact) mass is 658 g/mol. The Morgan fingerprint density at radius 3 is 1.28 bits per heavy atom. The number of halogens is 1. The number of carbonyl (C=O) groups is 3. The maximum absolute atomic E-state index is 11.5. The van der Waals surface area contributed by atoms with Crippen LogP contribution in [0.4, 0.5) is 11.9 Å². The quantitative estimate of drug-likeness (QED) is 0.285. The second-order valence-corrected chi connectivity index (χ2v) is 10.4. The van der Waals surface area contributed by atoms with Gasteiger partial charge in [0.2, 0.25) is 17.2 Å². The van der Waals surface area contributed by atoms with Gasteiger partial charge < -0.3 is 34.2 Å². The summed E-state index contributed by atoms with van der Waals surface area (Å²) in [7, 11) is 4.17. The van der Waals surface area contributed by atoms with E-state index < -0.39 is 11.9 Å². The molecule has 2 fully saturated rings. The molecule has 0 radical (unpaired) electrons. The van der Waals surface area contributed by atoms with Crippen LogP contribution < -0.4 is 9.80 Å². The average molecular weight is 659 g/mol. The number of rotatable bonds is 7. The van der Waals surface area contributed by atoms with E-state index in [1.54, 1.807) is 13.8 Å². The number of likely N-dealkylation sites (N-methyl/N-ethyl adjacent to an activating group) is 2. The van der Waals surface area contributed by atoms with E-state index in [1.165, 1.54) is 37.2 Å². The van der Waals surface area contributed by atoms with E-state index in [1.807, 2.05) is 0 Å². The summed E-state index contributed by atoms with van der Waals surface area (Å²) in [5.41, 5.74) is 0.828. The fraction of sp³-hybridized carbons (Fsp3) is 0.483. The van der Waals surface area contributed by atoms with Gasteiger partial charge in [0.1, 0.15) is 0 Å². The first-order valence-corrected chi connectivity index (χ1v) is 15.0. The Balaban J connectivity index is 0.000000192. The number of anilines is 2. The second-order valence-electron chi connectivity index (χ2n) is 10.1. The summed E-state index contributed by atoms with van der Waals surface area (Å²) in [5, 5.41) is 8.83. The number of aromatic nitrogens is 6. The molecule has 0 amide bonds. The molecule has 16 nitrogen and oxygen atoms in total. The van der Waals surface area contributed by atoms with E-state index >= 15 is 0 Å². The molecule has 2 aliphatic rings. The van der Waals surface area contributed by atoms with Gasteiger partial charge in [0.15, 0.2) is 0 Å². The number of carbonyl (C=O) groups excluding carboxylic acids is 2. The SMILES string of the molecule is CCOC(=O)c1cnc(Cl)nc1.CCOC(=O)c1cnc(N2CCN(C)CC2)nc1.CN1CCN(c2ncc(C(=O)O)cn2)CC1. The summed E-state index contributed by atoms with van der Waals surface area (Å²) in [4.78, 5) is 65.6. The van der Waals surface area contributed by atoms with Gasteiger partial charge in [-0.15, -0.1) is 0 Å². The third kappa shape index (κ3) is 11.4. The van der Waals surface area contributed by atoms with Crippen LogP contribution in [0.15, 0.2) is 37.2 Å². The number of carboxylic acid groups (broad SMARTS) is 1. The number of hydrogen-bond donors (Lipinski definition) is 1. The van der Waals surface area contributed by atoms with Crippen LogP contribution in [-0.4, -0.2) is 142 Å². The molecule has 0 bridgehead atoms. The van der Waals surface area contributed by atoms with Gasteiger partial charge in [-0.2, -0.15) is 0 Å². The molecule has 17 heteroatoms. The number of piperazine rings is 2. The molecule has 0 spiro atoms. The summed E-state index contributed by atoms with van der Waals surface area (Å²) in [6.07, 6.45) is 8.41. The van der Waals surface area contributed by atoms with Crippen LogP contribution >= 0.6 is 11.6 Å². The Morgan fingerprint density at radius 1 is 0.630 bits per heavy atom. The zero-order chi connectivity index (χ0) is 33.5. The molecule has 0 unspecified atom stereocenters. The number of esters is 2. The molecule has 0 aromatic carbocycles. The minimum atomic E-state index is -0.995.